The van der Waals surface area contributed by atoms with Crippen molar-refractivity contribution in [2.24, 2.45) is 5.92 Å². The van der Waals surface area contributed by atoms with Crippen LogP contribution >= 0.6 is 0 Å². The van der Waals surface area contributed by atoms with E-state index in [4.69, 9.17) is 26.6 Å². The molecule has 0 aromatic rings. The molecule has 0 amide bonds. The minimum absolute atomic E-state index is 0. The topological polar surface area (TPSA) is 149 Å². The van der Waals surface area contributed by atoms with Crippen molar-refractivity contribution >= 4 is 64.9 Å². The van der Waals surface area contributed by atoms with Gasteiger partial charge in [0, 0.05) is 12.8 Å². The van der Waals surface area contributed by atoms with Gasteiger partial charge in [0.05, 0.1) is 0 Å². The van der Waals surface area contributed by atoms with Crippen LogP contribution in [0.4, 0.5) is 0 Å². The second-order valence-electron chi connectivity index (χ2n) is 2.37. The molecule has 11 heteroatoms. The van der Waals surface area contributed by atoms with Gasteiger partial charge in [-0.2, -0.15) is 8.42 Å². The van der Waals surface area contributed by atoms with Crippen LogP contribution in [0, 0.1) is 5.92 Å². The van der Waals surface area contributed by atoms with Crippen LogP contribution in [0.1, 0.15) is 19.8 Å². The van der Waals surface area contributed by atoms with E-state index >= 15 is 0 Å². The summed E-state index contributed by atoms with van der Waals surface area (Å²) in [5.74, 6) is 0.227. The number of carbonyl (C=O) groups excluding carboxylic acids is 2. The van der Waals surface area contributed by atoms with Crippen LogP contribution in [0.5, 0.6) is 0 Å². The number of hydrogen-bond donors (Lipinski definition) is 4. The zero-order valence-electron chi connectivity index (χ0n) is 8.38. The van der Waals surface area contributed by atoms with Gasteiger partial charge in [0.25, 0.3) is 22.7 Å². The van der Waals surface area contributed by atoms with Crippen LogP contribution in [-0.4, -0.2) is 68.8 Å². The third-order valence-electron chi connectivity index (χ3n) is 0.997. The first-order chi connectivity index (χ1) is 7.27. The minimum atomic E-state index is -2.61. The van der Waals surface area contributed by atoms with Crippen molar-refractivity contribution in [2.75, 3.05) is 0 Å². The number of aldehydes is 2. The van der Waals surface area contributed by atoms with E-state index in [2.05, 4.69) is 0 Å². The fraction of sp³-hybridized carbons (Fsp3) is 0.667. The van der Waals surface area contributed by atoms with Crippen molar-refractivity contribution in [3.8, 4) is 0 Å². The van der Waals surface area contributed by atoms with Crippen LogP contribution < -0.4 is 0 Å². The normalized spacial score (nSPS) is 8.47. The second kappa shape index (κ2) is 21.7. The standard InChI is InChI=1S/C6H10O2.Na.2H2O3S.H/c1-6(2-4-7)3-5-8;;2*1-4(2)3;/h4-6H,2-3H2,1H3;;2*(H2,1,2,3);. The molecule has 0 unspecified atom stereocenters. The molecule has 0 aliphatic rings. The zero-order chi connectivity index (χ0) is 13.6. The molecule has 0 aliphatic carbocycles. The molecule has 0 fully saturated rings. The van der Waals surface area contributed by atoms with Gasteiger partial charge >= 0.3 is 29.6 Å². The van der Waals surface area contributed by atoms with Gasteiger partial charge in [-0.05, 0) is 5.92 Å². The second-order valence-corrected chi connectivity index (χ2v) is 3.29. The third kappa shape index (κ3) is 82.3. The first kappa shape index (κ1) is 26.1. The number of carbonyl (C=O) groups is 2. The summed E-state index contributed by atoms with van der Waals surface area (Å²) in [5, 5.41) is 0. The average Bonchev–Trinajstić information content (AvgIpc) is 2.02. The molecular weight excluding hydrogens is 287 g/mol. The summed E-state index contributed by atoms with van der Waals surface area (Å²) in [4.78, 5) is 19.5. The summed E-state index contributed by atoms with van der Waals surface area (Å²) in [6.45, 7) is 1.88. The Bertz CT molecular complexity index is 194. The third-order valence-corrected chi connectivity index (χ3v) is 0.997. The van der Waals surface area contributed by atoms with Gasteiger partial charge in [0.1, 0.15) is 12.6 Å². The SMILES string of the molecule is CC(CC=O)CC=O.O=S(O)O.O=S(O)O.[NaH]. The molecular formula is C6H15NaO8S2. The molecule has 100 valence electrons. The fourth-order valence-electron chi connectivity index (χ4n) is 0.425. The van der Waals surface area contributed by atoms with Gasteiger partial charge in [-0.15, -0.1) is 0 Å². The maximum absolute atomic E-state index is 9.77. The van der Waals surface area contributed by atoms with Crippen LogP contribution in [-0.2, 0) is 32.3 Å². The van der Waals surface area contributed by atoms with Gasteiger partial charge in [0.2, 0.25) is 0 Å². The summed E-state index contributed by atoms with van der Waals surface area (Å²) in [5.41, 5.74) is 0. The average molecular weight is 302 g/mol. The van der Waals surface area contributed by atoms with Crippen molar-refractivity contribution in [1.82, 2.24) is 0 Å². The fourth-order valence-corrected chi connectivity index (χ4v) is 0.425. The Labute approximate surface area is 126 Å². The van der Waals surface area contributed by atoms with E-state index in [9.17, 15) is 9.59 Å². The van der Waals surface area contributed by atoms with Crippen molar-refractivity contribution in [1.29, 1.82) is 0 Å². The van der Waals surface area contributed by atoms with E-state index in [0.29, 0.717) is 12.8 Å². The number of rotatable bonds is 4. The molecule has 0 heterocycles. The van der Waals surface area contributed by atoms with Gasteiger partial charge in [0.15, 0.2) is 0 Å². The Balaban J connectivity index is -0.0000000806. The van der Waals surface area contributed by atoms with Crippen LogP contribution in [0.2, 0.25) is 0 Å². The molecule has 0 radical (unpaired) electrons. The Kier molecular flexibility index (Phi) is 33.4. The Morgan fingerprint density at radius 2 is 1.12 bits per heavy atom. The molecule has 4 N–H and O–H groups in total. The molecule has 17 heavy (non-hydrogen) atoms. The molecule has 0 aliphatic heterocycles. The first-order valence-corrected chi connectivity index (χ1v) is 5.87. The van der Waals surface area contributed by atoms with Crippen molar-refractivity contribution in [3.63, 3.8) is 0 Å². The number of hydrogen-bond acceptors (Lipinski definition) is 4. The predicted octanol–water partition coefficient (Wildman–Crippen LogP) is -0.486. The van der Waals surface area contributed by atoms with Crippen LogP contribution in [0.25, 0.3) is 0 Å². The molecule has 0 spiro atoms. The van der Waals surface area contributed by atoms with E-state index in [0.717, 1.165) is 12.6 Å². The summed E-state index contributed by atoms with van der Waals surface area (Å²) >= 11 is -5.22. The first-order valence-electron chi connectivity index (χ1n) is 3.75. The van der Waals surface area contributed by atoms with E-state index in [1.54, 1.807) is 0 Å². The summed E-state index contributed by atoms with van der Waals surface area (Å²) in [7, 11) is 0. The predicted molar refractivity (Wildman–Crippen MR) is 64.5 cm³/mol. The molecule has 0 aromatic carbocycles. The monoisotopic (exact) mass is 302 g/mol. The Morgan fingerprint density at radius 3 is 1.24 bits per heavy atom. The molecule has 0 aromatic heterocycles. The van der Waals surface area contributed by atoms with Crippen molar-refractivity contribution < 1.29 is 36.2 Å². The van der Waals surface area contributed by atoms with E-state index in [1.807, 2.05) is 6.92 Å². The van der Waals surface area contributed by atoms with Gasteiger partial charge in [-0.1, -0.05) is 6.92 Å². The van der Waals surface area contributed by atoms with Crippen molar-refractivity contribution in [3.05, 3.63) is 0 Å². The zero-order valence-corrected chi connectivity index (χ0v) is 10.0. The Morgan fingerprint density at radius 1 is 0.941 bits per heavy atom. The molecule has 0 saturated heterocycles. The summed E-state index contributed by atoms with van der Waals surface area (Å²) in [6, 6.07) is 0. The summed E-state index contributed by atoms with van der Waals surface area (Å²) < 4.78 is 45.7. The molecule has 0 atom stereocenters. The van der Waals surface area contributed by atoms with Gasteiger partial charge in [-0.3, -0.25) is 18.2 Å². The summed E-state index contributed by atoms with van der Waals surface area (Å²) in [6.07, 6.45) is 2.68. The quantitative estimate of drug-likeness (QED) is 0.309. The van der Waals surface area contributed by atoms with E-state index in [-0.39, 0.29) is 35.5 Å². The van der Waals surface area contributed by atoms with Crippen LogP contribution in [0.15, 0.2) is 0 Å². The van der Waals surface area contributed by atoms with Gasteiger partial charge < -0.3 is 9.59 Å². The molecule has 0 rings (SSSR count). The maximum atomic E-state index is 9.77. The van der Waals surface area contributed by atoms with Crippen LogP contribution in [0.3, 0.4) is 0 Å². The van der Waals surface area contributed by atoms with Gasteiger partial charge in [-0.25, -0.2) is 0 Å². The Hall–Kier alpha value is 0.480. The molecule has 0 saturated carbocycles. The van der Waals surface area contributed by atoms with E-state index in [1.165, 1.54) is 0 Å². The molecule has 8 nitrogen and oxygen atoms in total. The van der Waals surface area contributed by atoms with Crippen molar-refractivity contribution in [2.45, 2.75) is 19.8 Å². The van der Waals surface area contributed by atoms with E-state index < -0.39 is 22.7 Å². The molecule has 0 bridgehead atoms.